The topological polar surface area (TPSA) is 90.0 Å². The Kier molecular flexibility index (Phi) is 5.73. The van der Waals surface area contributed by atoms with Crippen LogP contribution in [0.4, 0.5) is 9.52 Å². The lowest BCUT2D eigenvalue weighted by atomic mass is 10.1. The van der Waals surface area contributed by atoms with Gasteiger partial charge in [-0.2, -0.15) is 4.68 Å². The van der Waals surface area contributed by atoms with Crippen LogP contribution in [-0.2, 0) is 17.8 Å². The number of thiazole rings is 1. The molecule has 1 amide bonds. The van der Waals surface area contributed by atoms with Gasteiger partial charge >= 0.3 is 5.76 Å². The van der Waals surface area contributed by atoms with Crippen molar-refractivity contribution in [2.24, 2.45) is 0 Å². The first-order valence-corrected chi connectivity index (χ1v) is 9.99. The van der Waals surface area contributed by atoms with Gasteiger partial charge in [-0.1, -0.05) is 29.8 Å². The molecular formula is C20H14ClFN4O3S. The molecule has 4 rings (SSSR count). The fourth-order valence-electron chi connectivity index (χ4n) is 2.69. The Morgan fingerprint density at radius 1 is 1.20 bits per heavy atom. The molecule has 152 valence electrons. The predicted octanol–water partition coefficient (Wildman–Crippen LogP) is 3.98. The van der Waals surface area contributed by atoms with Crippen LogP contribution in [0, 0.1) is 5.82 Å². The van der Waals surface area contributed by atoms with Gasteiger partial charge in [-0.05, 0) is 35.9 Å². The van der Waals surface area contributed by atoms with Gasteiger partial charge in [0.25, 0.3) is 0 Å². The molecule has 0 unspecified atom stereocenters. The SMILES string of the molecule is O=C(Cn1nc(-c2ccc(F)cc2)oc1=O)Nc1ncc(Cc2ccccc2Cl)s1. The lowest BCUT2D eigenvalue weighted by molar-refractivity contribution is -0.117. The number of nitrogens with zero attached hydrogens (tertiary/aromatic N) is 3. The molecule has 10 heteroatoms. The van der Waals surface area contributed by atoms with Crippen molar-refractivity contribution in [2.45, 2.75) is 13.0 Å². The maximum absolute atomic E-state index is 13.0. The number of hydrogen-bond donors (Lipinski definition) is 1. The number of rotatable bonds is 6. The first-order valence-electron chi connectivity index (χ1n) is 8.80. The van der Waals surface area contributed by atoms with E-state index in [9.17, 15) is 14.0 Å². The predicted molar refractivity (Wildman–Crippen MR) is 111 cm³/mol. The summed E-state index contributed by atoms with van der Waals surface area (Å²) in [5.74, 6) is -1.68. The molecule has 0 aliphatic carbocycles. The number of carbonyl (C=O) groups is 1. The second-order valence-electron chi connectivity index (χ2n) is 6.29. The minimum absolute atomic E-state index is 0.00377. The zero-order chi connectivity index (χ0) is 21.1. The zero-order valence-electron chi connectivity index (χ0n) is 15.3. The number of benzene rings is 2. The Morgan fingerprint density at radius 3 is 2.73 bits per heavy atom. The van der Waals surface area contributed by atoms with Gasteiger partial charge in [0.2, 0.25) is 11.8 Å². The van der Waals surface area contributed by atoms with Crippen molar-refractivity contribution in [2.75, 3.05) is 5.32 Å². The summed E-state index contributed by atoms with van der Waals surface area (Å²) in [5, 5.41) is 7.69. The molecular weight excluding hydrogens is 431 g/mol. The van der Waals surface area contributed by atoms with Gasteiger partial charge in [-0.15, -0.1) is 16.4 Å². The summed E-state index contributed by atoms with van der Waals surface area (Å²) in [6, 6.07) is 12.8. The number of hydrogen-bond acceptors (Lipinski definition) is 6. The third-order valence-corrected chi connectivity index (χ3v) is 5.39. The zero-order valence-corrected chi connectivity index (χ0v) is 16.9. The van der Waals surface area contributed by atoms with E-state index in [4.69, 9.17) is 16.0 Å². The summed E-state index contributed by atoms with van der Waals surface area (Å²) >= 11 is 7.49. The molecule has 4 aromatic rings. The fourth-order valence-corrected chi connectivity index (χ4v) is 3.74. The van der Waals surface area contributed by atoms with Crippen molar-refractivity contribution in [3.63, 3.8) is 0 Å². The monoisotopic (exact) mass is 444 g/mol. The number of nitrogens with one attached hydrogen (secondary N) is 1. The Hall–Kier alpha value is -3.30. The van der Waals surface area contributed by atoms with Crippen molar-refractivity contribution < 1.29 is 13.6 Å². The molecule has 2 aromatic carbocycles. The van der Waals surface area contributed by atoms with E-state index in [1.54, 1.807) is 6.20 Å². The Bertz CT molecular complexity index is 1250. The summed E-state index contributed by atoms with van der Waals surface area (Å²) in [7, 11) is 0. The third kappa shape index (κ3) is 4.64. The molecule has 1 N–H and O–H groups in total. The van der Waals surface area contributed by atoms with Crippen LogP contribution in [0.25, 0.3) is 11.5 Å². The molecule has 0 saturated heterocycles. The molecule has 30 heavy (non-hydrogen) atoms. The van der Waals surface area contributed by atoms with Crippen LogP contribution in [0.15, 0.2) is 63.9 Å². The van der Waals surface area contributed by atoms with Crippen LogP contribution in [-0.4, -0.2) is 20.7 Å². The van der Waals surface area contributed by atoms with E-state index in [-0.39, 0.29) is 12.4 Å². The quantitative estimate of drug-likeness (QED) is 0.485. The molecule has 7 nitrogen and oxygen atoms in total. The third-order valence-electron chi connectivity index (χ3n) is 4.11. The van der Waals surface area contributed by atoms with Crippen molar-refractivity contribution >= 4 is 34.0 Å². The van der Waals surface area contributed by atoms with Crippen LogP contribution >= 0.6 is 22.9 Å². The van der Waals surface area contributed by atoms with E-state index in [1.807, 2.05) is 24.3 Å². The van der Waals surface area contributed by atoms with E-state index in [0.717, 1.165) is 15.1 Å². The van der Waals surface area contributed by atoms with Gasteiger partial charge in [-0.3, -0.25) is 4.79 Å². The van der Waals surface area contributed by atoms with Gasteiger partial charge in [0, 0.05) is 28.1 Å². The second-order valence-corrected chi connectivity index (χ2v) is 7.81. The Balaban J connectivity index is 1.41. The van der Waals surface area contributed by atoms with Gasteiger partial charge in [0.05, 0.1) is 0 Å². The fraction of sp³-hybridized carbons (Fsp3) is 0.100. The van der Waals surface area contributed by atoms with Crippen LogP contribution in [0.1, 0.15) is 10.4 Å². The highest BCUT2D eigenvalue weighted by Gasteiger charge is 2.15. The highest BCUT2D eigenvalue weighted by atomic mass is 35.5. The molecule has 0 bridgehead atoms. The van der Waals surface area contributed by atoms with Gasteiger partial charge in [0.15, 0.2) is 5.13 Å². The number of carbonyl (C=O) groups excluding carboxylic acids is 1. The van der Waals surface area contributed by atoms with Crippen molar-refractivity contribution in [3.8, 4) is 11.5 Å². The van der Waals surface area contributed by atoms with Crippen molar-refractivity contribution in [3.05, 3.63) is 86.6 Å². The number of halogens is 2. The summed E-state index contributed by atoms with van der Waals surface area (Å²) < 4.78 is 19.0. The van der Waals surface area contributed by atoms with Crippen LogP contribution in [0.5, 0.6) is 0 Å². The molecule has 0 saturated carbocycles. The van der Waals surface area contributed by atoms with Crippen LogP contribution in [0.2, 0.25) is 5.02 Å². The van der Waals surface area contributed by atoms with Crippen molar-refractivity contribution in [1.82, 2.24) is 14.8 Å². The summed E-state index contributed by atoms with van der Waals surface area (Å²) in [5.41, 5.74) is 1.39. The standard InChI is InChI=1S/C20H14ClFN4O3S/c21-16-4-2-1-3-13(16)9-15-10-23-19(30-15)24-17(27)11-26-20(28)29-18(25-26)12-5-7-14(22)8-6-12/h1-8,10H,9,11H2,(H,23,24,27). The van der Waals surface area contributed by atoms with Crippen LogP contribution < -0.4 is 11.1 Å². The lowest BCUT2D eigenvalue weighted by Gasteiger charge is -2.01. The number of amides is 1. The normalized spacial score (nSPS) is 10.9. The number of aromatic nitrogens is 3. The summed E-state index contributed by atoms with van der Waals surface area (Å²) in [4.78, 5) is 29.4. The Labute approximate surface area is 178 Å². The summed E-state index contributed by atoms with van der Waals surface area (Å²) in [6.45, 7) is -0.344. The largest absolute Gasteiger partial charge is 0.437 e. The van der Waals surface area contributed by atoms with E-state index in [1.165, 1.54) is 35.6 Å². The summed E-state index contributed by atoms with van der Waals surface area (Å²) in [6.07, 6.45) is 2.26. The molecule has 0 aliphatic rings. The maximum atomic E-state index is 13.0. The average Bonchev–Trinajstić information content (AvgIpc) is 3.30. The first-order chi connectivity index (χ1) is 14.5. The van der Waals surface area contributed by atoms with Crippen molar-refractivity contribution in [1.29, 1.82) is 0 Å². The molecule has 2 heterocycles. The van der Waals surface area contributed by atoms with Gasteiger partial charge < -0.3 is 9.73 Å². The molecule has 0 spiro atoms. The minimum Gasteiger partial charge on any atom is -0.388 e. The van der Waals surface area contributed by atoms with Gasteiger partial charge in [0.1, 0.15) is 12.4 Å². The first kappa shape index (κ1) is 20.0. The maximum Gasteiger partial charge on any atom is 0.437 e. The molecule has 0 atom stereocenters. The van der Waals surface area contributed by atoms with Crippen LogP contribution in [0.3, 0.4) is 0 Å². The molecule has 0 radical (unpaired) electrons. The van der Waals surface area contributed by atoms with Gasteiger partial charge in [-0.25, -0.2) is 14.2 Å². The molecule has 2 aromatic heterocycles. The smallest absolute Gasteiger partial charge is 0.388 e. The highest BCUT2D eigenvalue weighted by Crippen LogP contribution is 2.24. The molecule has 0 aliphatic heterocycles. The van der Waals surface area contributed by atoms with E-state index in [0.29, 0.717) is 22.1 Å². The minimum atomic E-state index is -0.789. The molecule has 0 fully saturated rings. The Morgan fingerprint density at radius 2 is 1.97 bits per heavy atom. The van der Waals surface area contributed by atoms with E-state index < -0.39 is 17.5 Å². The average molecular weight is 445 g/mol. The van der Waals surface area contributed by atoms with E-state index >= 15 is 0 Å². The highest BCUT2D eigenvalue weighted by molar-refractivity contribution is 7.15. The number of anilines is 1. The second kappa shape index (κ2) is 8.60. The van der Waals surface area contributed by atoms with E-state index in [2.05, 4.69) is 15.4 Å². The lowest BCUT2D eigenvalue weighted by Crippen LogP contribution is -2.25.